The highest BCUT2D eigenvalue weighted by Crippen LogP contribution is 2.29. The van der Waals surface area contributed by atoms with E-state index in [0.29, 0.717) is 5.92 Å². The molecule has 0 spiro atoms. The van der Waals surface area contributed by atoms with Crippen molar-refractivity contribution in [2.75, 3.05) is 0 Å². The standard InChI is InChI=1S/C18H21/c1-4-5-18(16-10-6-14(2)7-11-16)17-12-8-15(3)9-13-17/h6-13,18H,1,4-5H2,2-3H3. The maximum atomic E-state index is 4.01. The van der Waals surface area contributed by atoms with E-state index in [2.05, 4.69) is 69.3 Å². The SMILES string of the molecule is [CH2]CCC(c1ccc(C)cc1)c1ccc(C)cc1. The van der Waals surface area contributed by atoms with Crippen LogP contribution in [0.3, 0.4) is 0 Å². The summed E-state index contributed by atoms with van der Waals surface area (Å²) in [4.78, 5) is 0. The van der Waals surface area contributed by atoms with Crippen molar-refractivity contribution in [1.29, 1.82) is 0 Å². The van der Waals surface area contributed by atoms with Crippen LogP contribution in [0, 0.1) is 20.8 Å². The number of hydrogen-bond acceptors (Lipinski definition) is 0. The molecule has 0 heterocycles. The minimum absolute atomic E-state index is 0.476. The van der Waals surface area contributed by atoms with Crippen molar-refractivity contribution in [2.45, 2.75) is 32.6 Å². The van der Waals surface area contributed by atoms with E-state index in [-0.39, 0.29) is 0 Å². The van der Waals surface area contributed by atoms with E-state index in [1.54, 1.807) is 0 Å². The molecule has 2 aromatic carbocycles. The van der Waals surface area contributed by atoms with Crippen molar-refractivity contribution in [3.8, 4) is 0 Å². The summed E-state index contributed by atoms with van der Waals surface area (Å²) in [5.41, 5.74) is 5.42. The van der Waals surface area contributed by atoms with Crippen LogP contribution < -0.4 is 0 Å². The van der Waals surface area contributed by atoms with Crippen molar-refractivity contribution in [3.63, 3.8) is 0 Å². The van der Waals surface area contributed by atoms with Crippen molar-refractivity contribution in [2.24, 2.45) is 0 Å². The Morgan fingerprint density at radius 2 is 1.17 bits per heavy atom. The average molecular weight is 237 g/mol. The lowest BCUT2D eigenvalue weighted by Crippen LogP contribution is -2.01. The fourth-order valence-corrected chi connectivity index (χ4v) is 2.33. The Kier molecular flexibility index (Phi) is 4.19. The molecule has 93 valence electrons. The minimum atomic E-state index is 0.476. The molecule has 0 saturated carbocycles. The second-order valence-corrected chi connectivity index (χ2v) is 5.02. The molecule has 0 amide bonds. The van der Waals surface area contributed by atoms with Crippen molar-refractivity contribution >= 4 is 0 Å². The molecule has 2 aromatic rings. The van der Waals surface area contributed by atoms with Gasteiger partial charge in [-0.2, -0.15) is 0 Å². The molecule has 0 bridgehead atoms. The molecule has 2 rings (SSSR count). The Morgan fingerprint density at radius 1 is 0.778 bits per heavy atom. The zero-order valence-electron chi connectivity index (χ0n) is 11.3. The summed E-state index contributed by atoms with van der Waals surface area (Å²) in [5, 5.41) is 0. The predicted octanol–water partition coefficient (Wildman–Crippen LogP) is 5.05. The van der Waals surface area contributed by atoms with E-state index in [4.69, 9.17) is 0 Å². The fourth-order valence-electron chi connectivity index (χ4n) is 2.33. The fraction of sp³-hybridized carbons (Fsp3) is 0.278. The van der Waals surface area contributed by atoms with Crippen LogP contribution in [0.2, 0.25) is 0 Å². The second-order valence-electron chi connectivity index (χ2n) is 5.02. The van der Waals surface area contributed by atoms with E-state index in [9.17, 15) is 0 Å². The monoisotopic (exact) mass is 237 g/mol. The Hall–Kier alpha value is -1.56. The molecule has 0 atom stereocenters. The molecule has 0 saturated heterocycles. The zero-order chi connectivity index (χ0) is 13.0. The van der Waals surface area contributed by atoms with Crippen LogP contribution in [0.15, 0.2) is 48.5 Å². The minimum Gasteiger partial charge on any atom is -0.0590 e. The van der Waals surface area contributed by atoms with Crippen LogP contribution in [-0.4, -0.2) is 0 Å². The van der Waals surface area contributed by atoms with E-state index >= 15 is 0 Å². The highest BCUT2D eigenvalue weighted by atomic mass is 14.2. The first kappa shape index (κ1) is 12.9. The Bertz CT molecular complexity index is 431. The van der Waals surface area contributed by atoms with Gasteiger partial charge in [0.05, 0.1) is 0 Å². The molecule has 0 heteroatoms. The van der Waals surface area contributed by atoms with E-state index in [0.717, 1.165) is 12.8 Å². The molecule has 0 nitrogen and oxygen atoms in total. The number of aryl methyl sites for hydroxylation is 2. The molecule has 1 radical (unpaired) electrons. The number of hydrogen-bond donors (Lipinski definition) is 0. The summed E-state index contributed by atoms with van der Waals surface area (Å²) in [6.45, 7) is 8.27. The average Bonchev–Trinajstić information content (AvgIpc) is 2.39. The molecule has 0 aliphatic heterocycles. The van der Waals surface area contributed by atoms with Gasteiger partial charge in [0.25, 0.3) is 0 Å². The summed E-state index contributed by atoms with van der Waals surface area (Å²) >= 11 is 0. The van der Waals surface area contributed by atoms with Gasteiger partial charge in [-0.1, -0.05) is 73.0 Å². The predicted molar refractivity (Wildman–Crippen MR) is 78.8 cm³/mol. The molecule has 0 aliphatic rings. The maximum absolute atomic E-state index is 4.01. The maximum Gasteiger partial charge on any atom is 0.00893 e. The molecule has 0 aliphatic carbocycles. The van der Waals surface area contributed by atoms with Crippen molar-refractivity contribution in [1.82, 2.24) is 0 Å². The molecular weight excluding hydrogens is 216 g/mol. The summed E-state index contributed by atoms with van der Waals surface area (Å²) in [7, 11) is 0. The van der Waals surface area contributed by atoms with Gasteiger partial charge >= 0.3 is 0 Å². The van der Waals surface area contributed by atoms with Crippen LogP contribution in [-0.2, 0) is 0 Å². The van der Waals surface area contributed by atoms with Gasteiger partial charge in [-0.15, -0.1) is 0 Å². The van der Waals surface area contributed by atoms with Crippen molar-refractivity contribution in [3.05, 3.63) is 77.7 Å². The zero-order valence-corrected chi connectivity index (χ0v) is 11.3. The van der Waals surface area contributed by atoms with Crippen LogP contribution in [0.5, 0.6) is 0 Å². The number of benzene rings is 2. The first-order valence-electron chi connectivity index (χ1n) is 6.63. The van der Waals surface area contributed by atoms with E-state index in [1.807, 2.05) is 0 Å². The smallest absolute Gasteiger partial charge is 0.00893 e. The Morgan fingerprint density at radius 3 is 1.50 bits per heavy atom. The summed E-state index contributed by atoms with van der Waals surface area (Å²) in [6, 6.07) is 17.8. The van der Waals surface area contributed by atoms with Gasteiger partial charge in [0.15, 0.2) is 0 Å². The van der Waals surface area contributed by atoms with Gasteiger partial charge in [-0.25, -0.2) is 0 Å². The topological polar surface area (TPSA) is 0 Å². The lowest BCUT2D eigenvalue weighted by atomic mass is 9.87. The van der Waals surface area contributed by atoms with Gasteiger partial charge in [-0.05, 0) is 31.4 Å². The summed E-state index contributed by atoms with van der Waals surface area (Å²) in [6.07, 6.45) is 2.07. The van der Waals surface area contributed by atoms with E-state index in [1.165, 1.54) is 22.3 Å². The third-order valence-corrected chi connectivity index (χ3v) is 3.45. The van der Waals surface area contributed by atoms with Crippen LogP contribution in [0.25, 0.3) is 0 Å². The quantitative estimate of drug-likeness (QED) is 0.698. The molecule has 0 aromatic heterocycles. The van der Waals surface area contributed by atoms with Crippen molar-refractivity contribution < 1.29 is 0 Å². The second kappa shape index (κ2) is 5.86. The van der Waals surface area contributed by atoms with E-state index < -0.39 is 0 Å². The molecule has 0 N–H and O–H groups in total. The van der Waals surface area contributed by atoms with Crippen LogP contribution >= 0.6 is 0 Å². The van der Waals surface area contributed by atoms with Gasteiger partial charge in [0, 0.05) is 5.92 Å². The normalized spacial score (nSPS) is 10.9. The van der Waals surface area contributed by atoms with Crippen LogP contribution in [0.4, 0.5) is 0 Å². The first-order chi connectivity index (χ1) is 8.70. The highest BCUT2D eigenvalue weighted by molar-refractivity contribution is 5.35. The molecular formula is C18H21. The lowest BCUT2D eigenvalue weighted by molar-refractivity contribution is 0.726. The van der Waals surface area contributed by atoms with Gasteiger partial charge < -0.3 is 0 Å². The van der Waals surface area contributed by atoms with Crippen LogP contribution in [0.1, 0.15) is 41.0 Å². The summed E-state index contributed by atoms with van der Waals surface area (Å²) < 4.78 is 0. The lowest BCUT2D eigenvalue weighted by Gasteiger charge is -2.17. The number of rotatable bonds is 4. The molecule has 0 fully saturated rings. The highest BCUT2D eigenvalue weighted by Gasteiger charge is 2.12. The molecule has 18 heavy (non-hydrogen) atoms. The van der Waals surface area contributed by atoms with Gasteiger partial charge in [0.2, 0.25) is 0 Å². The third-order valence-electron chi connectivity index (χ3n) is 3.45. The van der Waals surface area contributed by atoms with Gasteiger partial charge in [-0.3, -0.25) is 0 Å². The van der Waals surface area contributed by atoms with Gasteiger partial charge in [0.1, 0.15) is 0 Å². The molecule has 0 unspecified atom stereocenters. The Labute approximate surface area is 111 Å². The third kappa shape index (κ3) is 3.01. The summed E-state index contributed by atoms with van der Waals surface area (Å²) in [5.74, 6) is 0.476. The largest absolute Gasteiger partial charge is 0.0590 e. The Balaban J connectivity index is 2.33. The first-order valence-corrected chi connectivity index (χ1v) is 6.63.